The van der Waals surface area contributed by atoms with Crippen LogP contribution in [0.15, 0.2) is 24.3 Å². The normalized spacial score (nSPS) is 21.0. The number of aliphatic hydroxyl groups is 1. The van der Waals surface area contributed by atoms with E-state index in [9.17, 15) is 5.11 Å². The Balaban J connectivity index is 2.18. The Kier molecular flexibility index (Phi) is 2.30. The van der Waals surface area contributed by atoms with Crippen molar-refractivity contribution in [3.63, 3.8) is 0 Å². The van der Waals surface area contributed by atoms with E-state index in [1.54, 1.807) is 0 Å². The highest BCUT2D eigenvalue weighted by Gasteiger charge is 2.24. The van der Waals surface area contributed by atoms with Gasteiger partial charge in [-0.2, -0.15) is 0 Å². The molecule has 0 bridgehead atoms. The molecule has 0 radical (unpaired) electrons. The van der Waals surface area contributed by atoms with E-state index in [1.165, 1.54) is 0 Å². The number of fused-ring (bicyclic) bond motifs is 1. The Labute approximate surface area is 82.7 Å². The highest BCUT2D eigenvalue weighted by atomic mass is 16.5. The first-order chi connectivity index (χ1) is 6.81. The molecule has 1 aromatic rings. The van der Waals surface area contributed by atoms with Gasteiger partial charge in [0.15, 0.2) is 12.2 Å². The lowest BCUT2D eigenvalue weighted by molar-refractivity contribution is 0.0774. The van der Waals surface area contributed by atoms with Crippen LogP contribution in [0.4, 0.5) is 5.69 Å². The lowest BCUT2D eigenvalue weighted by Crippen LogP contribution is -2.39. The van der Waals surface area contributed by atoms with E-state index in [0.717, 1.165) is 11.4 Å². The molecule has 1 aliphatic heterocycles. The van der Waals surface area contributed by atoms with E-state index in [1.807, 2.05) is 24.3 Å². The van der Waals surface area contributed by atoms with Gasteiger partial charge in [-0.3, -0.25) is 0 Å². The molecular formula is C11H11NO2. The van der Waals surface area contributed by atoms with E-state index in [0.29, 0.717) is 6.54 Å². The smallest absolute Gasteiger partial charge is 0.153 e. The van der Waals surface area contributed by atoms with Gasteiger partial charge in [0.2, 0.25) is 0 Å². The molecule has 0 amide bonds. The number of terminal acetylenes is 1. The van der Waals surface area contributed by atoms with Crippen molar-refractivity contribution in [1.82, 2.24) is 0 Å². The monoisotopic (exact) mass is 189 g/mol. The fraction of sp³-hybridized carbons (Fsp3) is 0.273. The largest absolute Gasteiger partial charge is 0.483 e. The van der Waals surface area contributed by atoms with E-state index in [4.69, 9.17) is 11.2 Å². The maximum absolute atomic E-state index is 9.41. The van der Waals surface area contributed by atoms with Gasteiger partial charge in [-0.05, 0) is 12.1 Å². The zero-order valence-electron chi connectivity index (χ0n) is 7.60. The molecule has 2 rings (SSSR count). The summed E-state index contributed by atoms with van der Waals surface area (Å²) in [4.78, 5) is 0. The molecule has 0 saturated carbocycles. The lowest BCUT2D eigenvalue weighted by atomic mass is 10.1. The molecule has 14 heavy (non-hydrogen) atoms. The Hall–Kier alpha value is -1.66. The predicted octanol–water partition coefficient (Wildman–Crippen LogP) is 0.854. The van der Waals surface area contributed by atoms with Crippen molar-refractivity contribution in [2.45, 2.75) is 12.2 Å². The molecule has 1 heterocycles. The van der Waals surface area contributed by atoms with Gasteiger partial charge in [-0.1, -0.05) is 18.1 Å². The van der Waals surface area contributed by atoms with Gasteiger partial charge >= 0.3 is 0 Å². The Bertz CT molecular complexity index is 370. The molecule has 2 unspecified atom stereocenters. The van der Waals surface area contributed by atoms with Gasteiger partial charge in [0.1, 0.15) is 5.75 Å². The minimum absolute atomic E-state index is 0.366. The fourth-order valence-electron chi connectivity index (χ4n) is 1.41. The van der Waals surface area contributed by atoms with Crippen LogP contribution in [-0.2, 0) is 0 Å². The number of rotatable bonds is 1. The molecule has 1 aliphatic rings. The van der Waals surface area contributed by atoms with E-state index in [2.05, 4.69) is 11.2 Å². The summed E-state index contributed by atoms with van der Waals surface area (Å²) in [6.45, 7) is 0.530. The van der Waals surface area contributed by atoms with Crippen LogP contribution in [0.3, 0.4) is 0 Å². The SMILES string of the molecule is C#CC(O)C1CNc2ccccc2O1. The average molecular weight is 189 g/mol. The number of benzene rings is 1. The van der Waals surface area contributed by atoms with Crippen LogP contribution in [0.5, 0.6) is 5.75 Å². The molecule has 0 saturated heterocycles. The zero-order valence-corrected chi connectivity index (χ0v) is 7.60. The third-order valence-corrected chi connectivity index (χ3v) is 2.18. The summed E-state index contributed by atoms with van der Waals surface area (Å²) in [5.74, 6) is 2.99. The first-order valence-corrected chi connectivity index (χ1v) is 4.45. The van der Waals surface area contributed by atoms with Crippen LogP contribution in [0.2, 0.25) is 0 Å². The predicted molar refractivity (Wildman–Crippen MR) is 54.2 cm³/mol. The van der Waals surface area contributed by atoms with Crippen molar-refractivity contribution in [2.75, 3.05) is 11.9 Å². The molecule has 3 heteroatoms. The summed E-state index contributed by atoms with van der Waals surface area (Å²) in [6, 6.07) is 7.57. The Morgan fingerprint density at radius 1 is 1.57 bits per heavy atom. The average Bonchev–Trinajstić information content (AvgIpc) is 2.27. The van der Waals surface area contributed by atoms with Gasteiger partial charge in [-0.25, -0.2) is 0 Å². The standard InChI is InChI=1S/C11H11NO2/c1-2-9(13)11-7-12-8-5-3-4-6-10(8)14-11/h1,3-6,9,11-13H,7H2. The summed E-state index contributed by atoms with van der Waals surface area (Å²) < 4.78 is 5.53. The maximum atomic E-state index is 9.41. The second-order valence-electron chi connectivity index (χ2n) is 3.14. The van der Waals surface area contributed by atoms with Crippen LogP contribution in [0.1, 0.15) is 0 Å². The van der Waals surface area contributed by atoms with Crippen LogP contribution in [0.25, 0.3) is 0 Å². The summed E-state index contributed by atoms with van der Waals surface area (Å²) in [7, 11) is 0. The maximum Gasteiger partial charge on any atom is 0.153 e. The van der Waals surface area contributed by atoms with Crippen molar-refractivity contribution in [3.05, 3.63) is 24.3 Å². The molecule has 0 fully saturated rings. The van der Waals surface area contributed by atoms with E-state index in [-0.39, 0.29) is 6.10 Å². The van der Waals surface area contributed by atoms with Gasteiger partial charge < -0.3 is 15.2 Å². The number of anilines is 1. The third-order valence-electron chi connectivity index (χ3n) is 2.18. The minimum atomic E-state index is -0.865. The van der Waals surface area contributed by atoms with Crippen molar-refractivity contribution in [1.29, 1.82) is 0 Å². The number of para-hydroxylation sites is 2. The van der Waals surface area contributed by atoms with Gasteiger partial charge in [0, 0.05) is 0 Å². The van der Waals surface area contributed by atoms with Crippen LogP contribution < -0.4 is 10.1 Å². The van der Waals surface area contributed by atoms with Crippen molar-refractivity contribution < 1.29 is 9.84 Å². The summed E-state index contributed by atoms with van der Waals surface area (Å²) in [6.07, 6.45) is 3.88. The second-order valence-corrected chi connectivity index (χ2v) is 3.14. The summed E-state index contributed by atoms with van der Waals surface area (Å²) in [5.41, 5.74) is 0.938. The first kappa shape index (κ1) is 8.92. The minimum Gasteiger partial charge on any atom is -0.483 e. The molecule has 0 spiro atoms. The number of ether oxygens (including phenoxy) is 1. The number of aliphatic hydroxyl groups excluding tert-OH is 1. The summed E-state index contributed by atoms with van der Waals surface area (Å²) in [5, 5.41) is 12.6. The Morgan fingerprint density at radius 2 is 2.36 bits per heavy atom. The van der Waals surface area contributed by atoms with Crippen molar-refractivity contribution in [3.8, 4) is 18.1 Å². The van der Waals surface area contributed by atoms with E-state index < -0.39 is 6.10 Å². The van der Waals surface area contributed by atoms with Gasteiger partial charge in [0.05, 0.1) is 12.2 Å². The zero-order chi connectivity index (χ0) is 9.97. The van der Waals surface area contributed by atoms with Crippen molar-refractivity contribution >= 4 is 5.69 Å². The molecule has 0 aliphatic carbocycles. The first-order valence-electron chi connectivity index (χ1n) is 4.45. The molecule has 1 aromatic carbocycles. The molecular weight excluding hydrogens is 178 g/mol. The van der Waals surface area contributed by atoms with Crippen molar-refractivity contribution in [2.24, 2.45) is 0 Å². The second kappa shape index (κ2) is 3.60. The van der Waals surface area contributed by atoms with E-state index >= 15 is 0 Å². The highest BCUT2D eigenvalue weighted by Crippen LogP contribution is 2.28. The highest BCUT2D eigenvalue weighted by molar-refractivity contribution is 5.57. The van der Waals surface area contributed by atoms with Gasteiger partial charge in [-0.15, -0.1) is 6.42 Å². The van der Waals surface area contributed by atoms with Crippen LogP contribution >= 0.6 is 0 Å². The third kappa shape index (κ3) is 1.52. The number of hydrogen-bond donors (Lipinski definition) is 2. The fourth-order valence-corrected chi connectivity index (χ4v) is 1.41. The molecule has 2 atom stereocenters. The molecule has 72 valence electrons. The number of hydrogen-bond acceptors (Lipinski definition) is 3. The topological polar surface area (TPSA) is 41.5 Å². The summed E-state index contributed by atoms with van der Waals surface area (Å²) >= 11 is 0. The lowest BCUT2D eigenvalue weighted by Gasteiger charge is -2.28. The molecule has 3 nitrogen and oxygen atoms in total. The van der Waals surface area contributed by atoms with Crippen LogP contribution in [0, 0.1) is 12.3 Å². The molecule has 0 aromatic heterocycles. The van der Waals surface area contributed by atoms with Gasteiger partial charge in [0.25, 0.3) is 0 Å². The number of nitrogens with one attached hydrogen (secondary N) is 1. The van der Waals surface area contributed by atoms with Crippen LogP contribution in [-0.4, -0.2) is 23.9 Å². The Morgan fingerprint density at radius 3 is 3.14 bits per heavy atom. The molecule has 2 N–H and O–H groups in total. The quantitative estimate of drug-likeness (QED) is 0.644.